The molecule has 0 fully saturated rings. The Balaban J connectivity index is 2.09. The first-order chi connectivity index (χ1) is 8.99. The number of hydrogen-bond donors (Lipinski definition) is 2. The molecule has 102 valence electrons. The highest BCUT2D eigenvalue weighted by Crippen LogP contribution is 2.18. The molecule has 1 atom stereocenters. The SMILES string of the molecule is Cc1ccc(C)n1NCC(O)c1cc(F)ccc1F. The number of nitrogens with zero attached hydrogens (tertiary/aromatic N) is 1. The average Bonchev–Trinajstić information content (AvgIpc) is 2.69. The van der Waals surface area contributed by atoms with Crippen LogP contribution >= 0.6 is 0 Å². The highest BCUT2D eigenvalue weighted by Gasteiger charge is 2.14. The Labute approximate surface area is 110 Å². The molecule has 0 aliphatic heterocycles. The fourth-order valence-corrected chi connectivity index (χ4v) is 1.98. The molecule has 2 N–H and O–H groups in total. The van der Waals surface area contributed by atoms with Crippen LogP contribution in [0.3, 0.4) is 0 Å². The standard InChI is InChI=1S/C14H16F2N2O/c1-9-3-4-10(2)18(9)17-8-14(19)12-7-11(15)5-6-13(12)16/h3-7,14,17,19H,8H2,1-2H3. The summed E-state index contributed by atoms with van der Waals surface area (Å²) in [5, 5.41) is 9.92. The summed E-state index contributed by atoms with van der Waals surface area (Å²) in [5.74, 6) is -1.18. The van der Waals surface area contributed by atoms with Crippen molar-refractivity contribution in [3.8, 4) is 0 Å². The first kappa shape index (κ1) is 13.5. The second-order valence-electron chi connectivity index (χ2n) is 4.50. The number of aromatic nitrogens is 1. The molecular formula is C14H16F2N2O. The van der Waals surface area contributed by atoms with Crippen molar-refractivity contribution in [3.05, 3.63) is 58.9 Å². The van der Waals surface area contributed by atoms with E-state index in [0.29, 0.717) is 0 Å². The predicted molar refractivity (Wildman–Crippen MR) is 69.5 cm³/mol. The summed E-state index contributed by atoms with van der Waals surface area (Å²) in [5.41, 5.74) is 4.89. The van der Waals surface area contributed by atoms with Crippen molar-refractivity contribution in [2.75, 3.05) is 12.0 Å². The van der Waals surface area contributed by atoms with E-state index in [1.165, 1.54) is 0 Å². The van der Waals surface area contributed by atoms with E-state index in [9.17, 15) is 13.9 Å². The second kappa shape index (κ2) is 5.40. The lowest BCUT2D eigenvalue weighted by molar-refractivity contribution is 0.182. The zero-order valence-electron chi connectivity index (χ0n) is 10.8. The van der Waals surface area contributed by atoms with E-state index in [0.717, 1.165) is 29.6 Å². The molecule has 2 rings (SSSR count). The number of aliphatic hydroxyl groups is 1. The number of halogens is 2. The first-order valence-corrected chi connectivity index (χ1v) is 6.01. The summed E-state index contributed by atoms with van der Waals surface area (Å²) in [4.78, 5) is 0. The van der Waals surface area contributed by atoms with Crippen LogP contribution in [0.2, 0.25) is 0 Å². The fourth-order valence-electron chi connectivity index (χ4n) is 1.98. The van der Waals surface area contributed by atoms with Gasteiger partial charge >= 0.3 is 0 Å². The van der Waals surface area contributed by atoms with Crippen LogP contribution in [-0.2, 0) is 0 Å². The van der Waals surface area contributed by atoms with Crippen LogP contribution in [0, 0.1) is 25.5 Å². The van der Waals surface area contributed by atoms with Gasteiger partial charge in [0.1, 0.15) is 17.7 Å². The Hall–Kier alpha value is -1.88. The molecule has 0 spiro atoms. The fraction of sp³-hybridized carbons (Fsp3) is 0.286. The van der Waals surface area contributed by atoms with Crippen molar-refractivity contribution in [1.29, 1.82) is 0 Å². The largest absolute Gasteiger partial charge is 0.386 e. The third-order valence-corrected chi connectivity index (χ3v) is 3.03. The predicted octanol–water partition coefficient (Wildman–Crippen LogP) is 2.66. The molecule has 0 saturated heterocycles. The van der Waals surface area contributed by atoms with Gasteiger partial charge in [-0.1, -0.05) is 0 Å². The van der Waals surface area contributed by atoms with Crippen LogP contribution in [-0.4, -0.2) is 16.3 Å². The van der Waals surface area contributed by atoms with Gasteiger partial charge in [-0.15, -0.1) is 0 Å². The van der Waals surface area contributed by atoms with Crippen LogP contribution in [0.25, 0.3) is 0 Å². The normalized spacial score (nSPS) is 12.5. The maximum atomic E-state index is 13.5. The lowest BCUT2D eigenvalue weighted by Crippen LogP contribution is -2.23. The van der Waals surface area contributed by atoms with Crippen LogP contribution in [0.15, 0.2) is 30.3 Å². The molecule has 1 unspecified atom stereocenters. The molecule has 19 heavy (non-hydrogen) atoms. The van der Waals surface area contributed by atoms with E-state index >= 15 is 0 Å². The molecule has 0 saturated carbocycles. The summed E-state index contributed by atoms with van der Waals surface area (Å²) in [7, 11) is 0. The second-order valence-corrected chi connectivity index (χ2v) is 4.50. The Bertz CT molecular complexity index is 561. The van der Waals surface area contributed by atoms with Crippen molar-refractivity contribution in [3.63, 3.8) is 0 Å². The summed E-state index contributed by atoms with van der Waals surface area (Å²) in [6, 6.07) is 6.91. The van der Waals surface area contributed by atoms with Crippen molar-refractivity contribution in [1.82, 2.24) is 4.68 Å². The maximum absolute atomic E-state index is 13.5. The van der Waals surface area contributed by atoms with E-state index in [1.54, 1.807) is 4.68 Å². The third kappa shape index (κ3) is 2.93. The van der Waals surface area contributed by atoms with Gasteiger partial charge in [-0.05, 0) is 44.2 Å². The topological polar surface area (TPSA) is 37.2 Å². The molecular weight excluding hydrogens is 250 g/mol. The van der Waals surface area contributed by atoms with Crippen molar-refractivity contribution in [2.45, 2.75) is 20.0 Å². The zero-order chi connectivity index (χ0) is 14.0. The van der Waals surface area contributed by atoms with E-state index in [2.05, 4.69) is 5.43 Å². The summed E-state index contributed by atoms with van der Waals surface area (Å²) in [6.07, 6.45) is -1.11. The lowest BCUT2D eigenvalue weighted by Gasteiger charge is -2.17. The average molecular weight is 266 g/mol. The molecule has 0 radical (unpaired) electrons. The molecule has 1 heterocycles. The van der Waals surface area contributed by atoms with Crippen molar-refractivity contribution < 1.29 is 13.9 Å². The van der Waals surface area contributed by atoms with Gasteiger partial charge in [0.05, 0.1) is 6.54 Å². The van der Waals surface area contributed by atoms with Gasteiger partial charge in [0.15, 0.2) is 0 Å². The number of rotatable bonds is 4. The van der Waals surface area contributed by atoms with Crippen LogP contribution in [0.5, 0.6) is 0 Å². The van der Waals surface area contributed by atoms with Crippen LogP contribution in [0.4, 0.5) is 8.78 Å². The minimum Gasteiger partial charge on any atom is -0.386 e. The number of aryl methyl sites for hydroxylation is 2. The highest BCUT2D eigenvalue weighted by atomic mass is 19.1. The molecule has 0 aliphatic rings. The molecule has 0 amide bonds. The molecule has 3 nitrogen and oxygen atoms in total. The van der Waals surface area contributed by atoms with Crippen LogP contribution < -0.4 is 5.43 Å². The molecule has 0 aliphatic carbocycles. The summed E-state index contributed by atoms with van der Waals surface area (Å²) < 4.78 is 28.3. The van der Waals surface area contributed by atoms with E-state index in [-0.39, 0.29) is 12.1 Å². The van der Waals surface area contributed by atoms with Gasteiger partial charge in [0.25, 0.3) is 0 Å². The molecule has 1 aromatic heterocycles. The van der Waals surface area contributed by atoms with Crippen molar-refractivity contribution in [2.24, 2.45) is 0 Å². The maximum Gasteiger partial charge on any atom is 0.129 e. The van der Waals surface area contributed by atoms with Gasteiger partial charge in [-0.2, -0.15) is 0 Å². The van der Waals surface area contributed by atoms with Gasteiger partial charge in [-0.25, -0.2) is 8.78 Å². The number of nitrogens with one attached hydrogen (secondary N) is 1. The van der Waals surface area contributed by atoms with Gasteiger partial charge in [0, 0.05) is 17.0 Å². The van der Waals surface area contributed by atoms with E-state index in [1.807, 2.05) is 26.0 Å². The number of aliphatic hydroxyl groups excluding tert-OH is 1. The molecule has 1 aromatic carbocycles. The molecule has 5 heteroatoms. The van der Waals surface area contributed by atoms with E-state index < -0.39 is 17.7 Å². The summed E-state index contributed by atoms with van der Waals surface area (Å²) in [6.45, 7) is 3.92. The number of hydrogen-bond acceptors (Lipinski definition) is 2. The smallest absolute Gasteiger partial charge is 0.129 e. The lowest BCUT2D eigenvalue weighted by atomic mass is 10.1. The first-order valence-electron chi connectivity index (χ1n) is 6.01. The summed E-state index contributed by atoms with van der Waals surface area (Å²) >= 11 is 0. The van der Waals surface area contributed by atoms with Gasteiger partial charge in [0.2, 0.25) is 0 Å². The Kier molecular flexibility index (Phi) is 3.85. The van der Waals surface area contributed by atoms with Gasteiger partial charge in [-0.3, -0.25) is 4.68 Å². The Morgan fingerprint density at radius 2 is 1.79 bits per heavy atom. The molecule has 0 bridgehead atoms. The van der Waals surface area contributed by atoms with Crippen molar-refractivity contribution >= 4 is 0 Å². The Morgan fingerprint density at radius 1 is 1.16 bits per heavy atom. The zero-order valence-corrected chi connectivity index (χ0v) is 10.8. The van der Waals surface area contributed by atoms with Crippen LogP contribution in [0.1, 0.15) is 23.1 Å². The highest BCUT2D eigenvalue weighted by molar-refractivity contribution is 5.22. The quantitative estimate of drug-likeness (QED) is 0.892. The monoisotopic (exact) mass is 266 g/mol. The number of benzene rings is 1. The molecule has 2 aromatic rings. The minimum atomic E-state index is -1.11. The minimum absolute atomic E-state index is 0.0463. The Morgan fingerprint density at radius 3 is 2.42 bits per heavy atom. The third-order valence-electron chi connectivity index (χ3n) is 3.03. The van der Waals surface area contributed by atoms with Gasteiger partial charge < -0.3 is 10.5 Å². The van der Waals surface area contributed by atoms with E-state index in [4.69, 9.17) is 0 Å².